The van der Waals surface area contributed by atoms with Crippen molar-refractivity contribution in [1.29, 1.82) is 0 Å². The van der Waals surface area contributed by atoms with Gasteiger partial charge in [-0.1, -0.05) is 159 Å². The SMILES string of the molecule is C=[PH](O)OCCN(C)[C@@H]1C[C@@H]2OC3(CCC(CCCCCCCC/C=C\C/C=C\CCCCC)(CCCCCCCC/C=C\C/C=C\CCCCC)CC3)O[C@H]2C[C@@H]1NCCOP(O)OC. The zero-order valence-corrected chi connectivity index (χ0v) is 44.8. The molecule has 0 radical (unpaired) electrons. The van der Waals surface area contributed by atoms with Gasteiger partial charge in [-0.2, -0.15) is 0 Å². The Balaban J connectivity index is 1.47. The molecule has 1 spiro atoms. The first-order valence-electron chi connectivity index (χ1n) is 27.3. The molecule has 9 nitrogen and oxygen atoms in total. The quantitative estimate of drug-likeness (QED) is 0.0314. The molecule has 0 bridgehead atoms. The van der Waals surface area contributed by atoms with Gasteiger partial charge >= 0.3 is 8.60 Å². The van der Waals surface area contributed by atoms with Crippen molar-refractivity contribution in [3.8, 4) is 0 Å². The molecular weight excluding hydrogens is 863 g/mol. The first kappa shape index (κ1) is 59.6. The van der Waals surface area contributed by atoms with Crippen LogP contribution in [-0.2, 0) is 23.0 Å². The highest BCUT2D eigenvalue weighted by atomic mass is 31.2. The summed E-state index contributed by atoms with van der Waals surface area (Å²) in [6, 6.07) is 0.376. The largest absolute Gasteiger partial charge is 0.355 e. The van der Waals surface area contributed by atoms with E-state index >= 15 is 0 Å². The van der Waals surface area contributed by atoms with Crippen LogP contribution < -0.4 is 5.32 Å². The van der Waals surface area contributed by atoms with Gasteiger partial charge in [0.1, 0.15) is 8.00 Å². The van der Waals surface area contributed by atoms with Gasteiger partial charge in [-0.05, 0) is 115 Å². The maximum atomic E-state index is 9.79. The van der Waals surface area contributed by atoms with E-state index in [4.69, 9.17) is 23.0 Å². The number of likely N-dealkylation sites (N-methyl/N-ethyl adjacent to an activating group) is 1. The average molecular weight is 965 g/mol. The number of rotatable bonds is 41. The molecule has 384 valence electrons. The average Bonchev–Trinajstić information content (AvgIpc) is 3.67. The van der Waals surface area contributed by atoms with E-state index in [-0.39, 0.29) is 24.3 Å². The monoisotopic (exact) mass is 965 g/mol. The fraction of sp³-hybridized carbons (Fsp3) is 0.836. The molecule has 0 aromatic heterocycles. The molecule has 66 heavy (non-hydrogen) atoms. The van der Waals surface area contributed by atoms with Crippen LogP contribution in [0.4, 0.5) is 0 Å². The van der Waals surface area contributed by atoms with Gasteiger partial charge in [0.05, 0.1) is 25.4 Å². The van der Waals surface area contributed by atoms with Crippen LogP contribution in [0.2, 0.25) is 0 Å². The lowest BCUT2D eigenvalue weighted by atomic mass is 9.66. The predicted molar refractivity (Wildman–Crippen MR) is 284 cm³/mol. The standard InChI is InChI=1S/C55H102N2O7P2/c1-6-8-10-12-14-16-18-20-22-24-26-28-30-32-34-36-38-54(39-37-35-33-31-29-27-25-23-21-19-17-15-13-11-9-7-2)40-42-55(43-41-54)63-52-48-50(56-44-46-62-66(59)60-4)51(49-53(52)64-55)57(3)45-47-61-65(5)58/h14-17,20-23,50-53,56,58-59,65H,5-13,18-19,24-49H2,1-4H3/b16-14-,17-15-,22-20-,23-21-/t50-,51+,52-,53-,66?/m0/s1. The molecule has 2 aliphatic carbocycles. The maximum absolute atomic E-state index is 9.79. The summed E-state index contributed by atoms with van der Waals surface area (Å²) >= 11 is 0. The van der Waals surface area contributed by atoms with E-state index in [2.05, 4.69) is 86.0 Å². The molecule has 0 amide bonds. The van der Waals surface area contributed by atoms with Crippen LogP contribution in [0.5, 0.6) is 0 Å². The number of fused-ring (bicyclic) bond motifs is 1. The first-order chi connectivity index (χ1) is 32.2. The van der Waals surface area contributed by atoms with Crippen LogP contribution in [0.3, 0.4) is 0 Å². The second kappa shape index (κ2) is 38.1. The van der Waals surface area contributed by atoms with Gasteiger partial charge in [-0.25, -0.2) is 0 Å². The van der Waals surface area contributed by atoms with E-state index in [1.54, 1.807) is 0 Å². The highest BCUT2D eigenvalue weighted by Gasteiger charge is 2.55. The Labute approximate surface area is 408 Å². The molecule has 0 aromatic rings. The molecule has 1 heterocycles. The highest BCUT2D eigenvalue weighted by Crippen LogP contribution is 2.53. The minimum absolute atomic E-state index is 0.0538. The van der Waals surface area contributed by atoms with Crippen LogP contribution in [0.25, 0.3) is 0 Å². The number of unbranched alkanes of at least 4 members (excludes halogenated alkanes) is 18. The van der Waals surface area contributed by atoms with Crippen molar-refractivity contribution >= 4 is 22.9 Å². The van der Waals surface area contributed by atoms with E-state index in [9.17, 15) is 9.79 Å². The summed E-state index contributed by atoms with van der Waals surface area (Å²) < 4.78 is 30.0. The van der Waals surface area contributed by atoms with Gasteiger partial charge in [0.2, 0.25) is 0 Å². The molecule has 6 atom stereocenters. The zero-order valence-electron chi connectivity index (χ0n) is 42.9. The Morgan fingerprint density at radius 1 is 0.667 bits per heavy atom. The Bertz CT molecular complexity index is 1270. The van der Waals surface area contributed by atoms with Crippen LogP contribution in [0.1, 0.15) is 219 Å². The summed E-state index contributed by atoms with van der Waals surface area (Å²) in [5.74, 6) is -0.477. The Kier molecular flexibility index (Phi) is 34.4. The van der Waals surface area contributed by atoms with Crippen molar-refractivity contribution in [2.75, 3.05) is 40.5 Å². The summed E-state index contributed by atoms with van der Waals surface area (Å²) in [4.78, 5) is 21.8. The van der Waals surface area contributed by atoms with Crippen LogP contribution in [-0.4, -0.2) is 91.5 Å². The number of hydrogen-bond acceptors (Lipinski definition) is 9. The minimum Gasteiger partial charge on any atom is -0.355 e. The van der Waals surface area contributed by atoms with Crippen molar-refractivity contribution in [3.63, 3.8) is 0 Å². The van der Waals surface area contributed by atoms with Crippen molar-refractivity contribution < 1.29 is 32.8 Å². The summed E-state index contributed by atoms with van der Waals surface area (Å²) in [6.45, 7) is 6.65. The molecule has 3 fully saturated rings. The number of hydrogen-bond donors (Lipinski definition) is 3. The third-order valence-corrected chi connectivity index (χ3v) is 15.9. The number of nitrogens with zero attached hydrogens (tertiary/aromatic N) is 1. The van der Waals surface area contributed by atoms with Crippen LogP contribution in [0, 0.1) is 5.41 Å². The predicted octanol–water partition coefficient (Wildman–Crippen LogP) is 14.9. The van der Waals surface area contributed by atoms with Crippen LogP contribution >= 0.6 is 16.6 Å². The highest BCUT2D eigenvalue weighted by molar-refractivity contribution is 7.44. The Morgan fingerprint density at radius 3 is 1.62 bits per heavy atom. The van der Waals surface area contributed by atoms with Gasteiger partial charge in [-0.15, -0.1) is 0 Å². The minimum atomic E-state index is -1.98. The fourth-order valence-corrected chi connectivity index (χ4v) is 11.2. The number of nitrogens with one attached hydrogen (secondary N) is 1. The van der Waals surface area contributed by atoms with Gasteiger partial charge in [0, 0.05) is 45.1 Å². The molecule has 3 aliphatic rings. The summed E-state index contributed by atoms with van der Waals surface area (Å²) in [7, 11) is -0.236. The van der Waals surface area contributed by atoms with Gasteiger partial charge in [0.15, 0.2) is 5.79 Å². The number of ether oxygens (including phenoxy) is 2. The van der Waals surface area contributed by atoms with Crippen molar-refractivity contribution in [2.24, 2.45) is 5.41 Å². The van der Waals surface area contributed by atoms with Gasteiger partial charge < -0.3 is 38.1 Å². The molecule has 2 saturated carbocycles. The molecule has 11 heteroatoms. The maximum Gasteiger partial charge on any atom is 0.329 e. The molecule has 1 saturated heterocycles. The smallest absolute Gasteiger partial charge is 0.329 e. The normalized spacial score (nSPS) is 22.8. The number of allylic oxidation sites excluding steroid dienone is 8. The third kappa shape index (κ3) is 26.5. The second-order valence-electron chi connectivity index (χ2n) is 20.0. The van der Waals surface area contributed by atoms with Gasteiger partial charge in [0.25, 0.3) is 0 Å². The van der Waals surface area contributed by atoms with Crippen LogP contribution in [0.15, 0.2) is 48.6 Å². The Hall–Kier alpha value is -0.670. The lowest BCUT2D eigenvalue weighted by Gasteiger charge is -2.44. The van der Waals surface area contributed by atoms with E-state index in [0.29, 0.717) is 31.7 Å². The lowest BCUT2D eigenvalue weighted by molar-refractivity contribution is -0.208. The van der Waals surface area contributed by atoms with E-state index < -0.39 is 22.4 Å². The van der Waals surface area contributed by atoms with Crippen molar-refractivity contribution in [3.05, 3.63) is 48.6 Å². The molecule has 1 aliphatic heterocycles. The van der Waals surface area contributed by atoms with Crippen molar-refractivity contribution in [1.82, 2.24) is 10.2 Å². The Morgan fingerprint density at radius 2 is 1.14 bits per heavy atom. The fourth-order valence-electron chi connectivity index (χ4n) is 10.5. The van der Waals surface area contributed by atoms with E-state index in [0.717, 1.165) is 38.5 Å². The second-order valence-corrected chi connectivity index (χ2v) is 22.1. The van der Waals surface area contributed by atoms with E-state index in [1.165, 1.54) is 174 Å². The molecule has 3 N–H and O–H groups in total. The summed E-state index contributed by atoms with van der Waals surface area (Å²) in [6.07, 6.45) is 62.6. The lowest BCUT2D eigenvalue weighted by Crippen LogP contribution is -2.57. The van der Waals surface area contributed by atoms with Crippen molar-refractivity contribution in [2.45, 2.75) is 249 Å². The summed E-state index contributed by atoms with van der Waals surface area (Å²) in [5.41, 5.74) is 0.401. The topological polar surface area (TPSA) is 102 Å². The molecule has 2 unspecified atom stereocenters. The van der Waals surface area contributed by atoms with E-state index in [1.807, 2.05) is 0 Å². The zero-order chi connectivity index (χ0) is 47.4. The molecule has 3 rings (SSSR count). The molecule has 0 aromatic carbocycles. The third-order valence-electron chi connectivity index (χ3n) is 14.6. The summed E-state index contributed by atoms with van der Waals surface area (Å²) in [5, 5.41) is 3.71. The first-order valence-corrected chi connectivity index (χ1v) is 30.0. The molecular formula is C55H102N2O7P2. The van der Waals surface area contributed by atoms with Gasteiger partial charge in [-0.3, -0.25) is 4.90 Å².